The largest absolute Gasteiger partial charge is 0.347 e. The highest BCUT2D eigenvalue weighted by Gasteiger charge is 2.32. The zero-order valence-electron chi connectivity index (χ0n) is 13.2. The van der Waals surface area contributed by atoms with Crippen LogP contribution in [0.1, 0.15) is 33.1 Å². The number of nitrogens with one attached hydrogen (secondary N) is 2. The summed E-state index contributed by atoms with van der Waals surface area (Å²) in [5.41, 5.74) is 0. The van der Waals surface area contributed by atoms with Crippen molar-refractivity contribution >= 4 is 11.8 Å². The van der Waals surface area contributed by atoms with Crippen molar-refractivity contribution < 1.29 is 9.59 Å². The molecule has 21 heavy (non-hydrogen) atoms. The van der Waals surface area contributed by atoms with E-state index in [-0.39, 0.29) is 18.0 Å². The predicted molar refractivity (Wildman–Crippen MR) is 81.9 cm³/mol. The second-order valence-electron chi connectivity index (χ2n) is 6.19. The first kappa shape index (κ1) is 16.2. The number of piperidine rings is 1. The van der Waals surface area contributed by atoms with E-state index in [1.54, 1.807) is 4.90 Å². The van der Waals surface area contributed by atoms with Gasteiger partial charge in [0.1, 0.15) is 0 Å². The zero-order valence-corrected chi connectivity index (χ0v) is 13.2. The van der Waals surface area contributed by atoms with Crippen LogP contribution in [0.25, 0.3) is 0 Å². The summed E-state index contributed by atoms with van der Waals surface area (Å²) < 4.78 is 0. The van der Waals surface area contributed by atoms with Crippen LogP contribution in [0.3, 0.4) is 0 Å². The molecule has 2 aliphatic rings. The first-order chi connectivity index (χ1) is 10.1. The van der Waals surface area contributed by atoms with Crippen molar-refractivity contribution in [3.05, 3.63) is 0 Å². The molecule has 0 aromatic rings. The highest BCUT2D eigenvalue weighted by molar-refractivity contribution is 6.35. The molecule has 6 nitrogen and oxygen atoms in total. The molecule has 120 valence electrons. The number of hydrogen-bond acceptors (Lipinski definition) is 4. The van der Waals surface area contributed by atoms with Gasteiger partial charge in [0.25, 0.3) is 0 Å². The Hall–Kier alpha value is -1.14. The van der Waals surface area contributed by atoms with Gasteiger partial charge in [-0.2, -0.15) is 0 Å². The van der Waals surface area contributed by atoms with Gasteiger partial charge in [-0.25, -0.2) is 0 Å². The molecule has 0 spiro atoms. The molecular formula is C15H28N4O2. The second-order valence-corrected chi connectivity index (χ2v) is 6.19. The molecule has 2 aliphatic heterocycles. The summed E-state index contributed by atoms with van der Waals surface area (Å²) in [4.78, 5) is 28.4. The van der Waals surface area contributed by atoms with Gasteiger partial charge in [0, 0.05) is 51.4 Å². The van der Waals surface area contributed by atoms with Crippen molar-refractivity contribution in [3.8, 4) is 0 Å². The minimum atomic E-state index is -0.453. The van der Waals surface area contributed by atoms with Crippen LogP contribution >= 0.6 is 0 Å². The molecule has 0 aromatic carbocycles. The summed E-state index contributed by atoms with van der Waals surface area (Å²) in [5.74, 6) is -0.819. The molecule has 0 bridgehead atoms. The summed E-state index contributed by atoms with van der Waals surface area (Å²) in [5, 5.41) is 6.07. The van der Waals surface area contributed by atoms with Crippen LogP contribution in [0.2, 0.25) is 0 Å². The van der Waals surface area contributed by atoms with Crippen molar-refractivity contribution in [1.29, 1.82) is 0 Å². The second kappa shape index (κ2) is 7.75. The van der Waals surface area contributed by atoms with Gasteiger partial charge in [0.15, 0.2) is 0 Å². The molecule has 2 unspecified atom stereocenters. The third-order valence-corrected chi connectivity index (χ3v) is 4.55. The van der Waals surface area contributed by atoms with Crippen molar-refractivity contribution in [3.63, 3.8) is 0 Å². The van der Waals surface area contributed by atoms with Crippen LogP contribution in [-0.4, -0.2) is 73.0 Å². The minimum Gasteiger partial charge on any atom is -0.347 e. The average Bonchev–Trinajstić information content (AvgIpc) is 2.48. The topological polar surface area (TPSA) is 64.7 Å². The summed E-state index contributed by atoms with van der Waals surface area (Å²) in [7, 11) is 0. The van der Waals surface area contributed by atoms with E-state index in [2.05, 4.69) is 15.5 Å². The summed E-state index contributed by atoms with van der Waals surface area (Å²) in [6.07, 6.45) is 3.12. The molecule has 2 N–H and O–H groups in total. The predicted octanol–water partition coefficient (Wildman–Crippen LogP) is -0.203. The van der Waals surface area contributed by atoms with Crippen molar-refractivity contribution in [2.45, 2.75) is 45.2 Å². The molecule has 2 rings (SSSR count). The average molecular weight is 296 g/mol. The summed E-state index contributed by atoms with van der Waals surface area (Å²) in [6, 6.07) is 0.334. The quantitative estimate of drug-likeness (QED) is 0.708. The summed E-state index contributed by atoms with van der Waals surface area (Å²) >= 11 is 0. The van der Waals surface area contributed by atoms with Crippen LogP contribution in [0.15, 0.2) is 0 Å². The zero-order chi connectivity index (χ0) is 15.2. The fourth-order valence-electron chi connectivity index (χ4n) is 3.28. The number of rotatable bonds is 3. The third-order valence-electron chi connectivity index (χ3n) is 4.55. The summed E-state index contributed by atoms with van der Waals surface area (Å²) in [6.45, 7) is 9.41. The highest BCUT2D eigenvalue weighted by Crippen LogP contribution is 2.22. The maximum atomic E-state index is 12.3. The van der Waals surface area contributed by atoms with E-state index in [9.17, 15) is 9.59 Å². The van der Waals surface area contributed by atoms with E-state index in [1.165, 1.54) is 0 Å². The van der Waals surface area contributed by atoms with Crippen molar-refractivity contribution in [2.75, 3.05) is 39.3 Å². The van der Waals surface area contributed by atoms with Gasteiger partial charge in [-0.15, -0.1) is 0 Å². The number of piperazine rings is 1. The fourth-order valence-corrected chi connectivity index (χ4v) is 3.28. The van der Waals surface area contributed by atoms with Crippen molar-refractivity contribution in [1.82, 2.24) is 20.4 Å². The molecule has 0 radical (unpaired) electrons. The Labute approximate surface area is 127 Å². The van der Waals surface area contributed by atoms with Gasteiger partial charge in [0.2, 0.25) is 0 Å². The lowest BCUT2D eigenvalue weighted by molar-refractivity contribution is -0.150. The normalized spacial score (nSPS) is 27.4. The van der Waals surface area contributed by atoms with Gasteiger partial charge < -0.3 is 15.5 Å². The van der Waals surface area contributed by atoms with E-state index in [1.807, 2.05) is 13.8 Å². The van der Waals surface area contributed by atoms with Gasteiger partial charge in [-0.1, -0.05) is 0 Å². The number of carbonyl (C=O) groups is 2. The van der Waals surface area contributed by atoms with Gasteiger partial charge in [0.05, 0.1) is 0 Å². The van der Waals surface area contributed by atoms with Crippen LogP contribution in [-0.2, 0) is 9.59 Å². The van der Waals surface area contributed by atoms with Gasteiger partial charge in [-0.3, -0.25) is 14.5 Å². The lowest BCUT2D eigenvalue weighted by atomic mass is 9.97. The van der Waals surface area contributed by atoms with Crippen molar-refractivity contribution in [2.24, 2.45) is 0 Å². The molecule has 2 fully saturated rings. The maximum absolute atomic E-state index is 12.3. The molecule has 2 heterocycles. The number of likely N-dealkylation sites (tertiary alicyclic amines) is 1. The van der Waals surface area contributed by atoms with E-state index < -0.39 is 5.91 Å². The lowest BCUT2D eigenvalue weighted by Crippen LogP contribution is -2.53. The molecule has 2 atom stereocenters. The van der Waals surface area contributed by atoms with E-state index in [4.69, 9.17) is 0 Å². The van der Waals surface area contributed by atoms with Crippen LogP contribution in [0, 0.1) is 0 Å². The maximum Gasteiger partial charge on any atom is 0.312 e. The highest BCUT2D eigenvalue weighted by atomic mass is 16.2. The molecule has 6 heteroatoms. The number of nitrogens with zero attached hydrogens (tertiary/aromatic N) is 2. The van der Waals surface area contributed by atoms with E-state index in [0.29, 0.717) is 6.54 Å². The Morgan fingerprint density at radius 1 is 1.14 bits per heavy atom. The Morgan fingerprint density at radius 2 is 1.76 bits per heavy atom. The van der Waals surface area contributed by atoms with Gasteiger partial charge in [-0.05, 0) is 33.1 Å². The van der Waals surface area contributed by atoms with Gasteiger partial charge >= 0.3 is 11.8 Å². The standard InChI is InChI=1S/C15H28N4O2/c1-12-4-3-5-13(2)19(12)15(21)14(20)17-8-11-18-9-6-16-7-10-18/h12-13,16H,3-11H2,1-2H3,(H,17,20). The number of amides is 2. The minimum absolute atomic E-state index is 0.167. The lowest BCUT2D eigenvalue weighted by Gasteiger charge is -2.38. The van der Waals surface area contributed by atoms with Crippen LogP contribution < -0.4 is 10.6 Å². The molecule has 0 aromatic heterocycles. The smallest absolute Gasteiger partial charge is 0.312 e. The SMILES string of the molecule is CC1CCCC(C)N1C(=O)C(=O)NCCN1CCNCC1. The number of hydrogen-bond donors (Lipinski definition) is 2. The molecule has 2 saturated heterocycles. The van der Waals surface area contributed by atoms with Crippen LogP contribution in [0.5, 0.6) is 0 Å². The first-order valence-corrected chi connectivity index (χ1v) is 8.13. The fraction of sp³-hybridized carbons (Fsp3) is 0.867. The molecule has 2 amide bonds. The third kappa shape index (κ3) is 4.41. The first-order valence-electron chi connectivity index (χ1n) is 8.13. The molecular weight excluding hydrogens is 268 g/mol. The Balaban J connectivity index is 1.75. The monoisotopic (exact) mass is 296 g/mol. The van der Waals surface area contributed by atoms with E-state index >= 15 is 0 Å². The Morgan fingerprint density at radius 3 is 2.38 bits per heavy atom. The molecule has 0 aliphatic carbocycles. The Bertz CT molecular complexity index is 359. The number of carbonyl (C=O) groups excluding carboxylic acids is 2. The van der Waals surface area contributed by atoms with Crippen LogP contribution in [0.4, 0.5) is 0 Å². The molecule has 0 saturated carbocycles. The Kier molecular flexibility index (Phi) is 5.99. The van der Waals surface area contributed by atoms with E-state index in [0.717, 1.165) is 52.0 Å².